The summed E-state index contributed by atoms with van der Waals surface area (Å²) >= 11 is 1.53. The molecule has 0 aliphatic carbocycles. The van der Waals surface area contributed by atoms with Gasteiger partial charge in [0, 0.05) is 5.38 Å². The van der Waals surface area contributed by atoms with Crippen molar-refractivity contribution in [1.29, 1.82) is 0 Å². The molecule has 2 aromatic rings. The van der Waals surface area contributed by atoms with Crippen LogP contribution in [0, 0.1) is 0 Å². The first-order valence-corrected chi connectivity index (χ1v) is 6.70. The van der Waals surface area contributed by atoms with E-state index in [1.165, 1.54) is 24.2 Å². The molecule has 0 amide bonds. The molecule has 1 atom stereocenters. The van der Waals surface area contributed by atoms with Gasteiger partial charge in [0.2, 0.25) is 11.7 Å². The second-order valence-corrected chi connectivity index (χ2v) is 5.23. The molecule has 1 unspecified atom stereocenters. The molecule has 0 radical (unpaired) electrons. The van der Waals surface area contributed by atoms with Crippen LogP contribution in [0.15, 0.2) is 15.4 Å². The lowest BCUT2D eigenvalue weighted by atomic mass is 9.91. The van der Waals surface area contributed by atoms with Crippen LogP contribution in [-0.2, 0) is 5.54 Å². The van der Waals surface area contributed by atoms with Gasteiger partial charge in [-0.1, -0.05) is 5.16 Å². The van der Waals surface area contributed by atoms with Gasteiger partial charge in [-0.3, -0.25) is 0 Å². The average Bonchev–Trinajstić information content (AvgIpc) is 3.01. The molecule has 2 aromatic heterocycles. The average molecular weight is 250 g/mol. The van der Waals surface area contributed by atoms with E-state index in [9.17, 15) is 0 Å². The maximum Gasteiger partial charge on any atom is 0.247 e. The zero-order valence-corrected chi connectivity index (χ0v) is 10.5. The van der Waals surface area contributed by atoms with Gasteiger partial charge in [-0.05, 0) is 32.7 Å². The normalized spacial score (nSPS) is 25.0. The summed E-state index contributed by atoms with van der Waals surface area (Å²) in [5.74, 6) is 1.25. The van der Waals surface area contributed by atoms with E-state index >= 15 is 0 Å². The van der Waals surface area contributed by atoms with Crippen LogP contribution in [0.25, 0.3) is 11.5 Å². The van der Waals surface area contributed by atoms with Crippen molar-refractivity contribution in [2.24, 2.45) is 0 Å². The third kappa shape index (κ3) is 1.98. The number of thiazole rings is 1. The number of nitrogens with one attached hydrogen (secondary N) is 1. The van der Waals surface area contributed by atoms with Crippen LogP contribution in [0.5, 0.6) is 0 Å². The van der Waals surface area contributed by atoms with Gasteiger partial charge in [-0.15, -0.1) is 11.3 Å². The minimum Gasteiger partial charge on any atom is -0.337 e. The molecule has 6 heteroatoms. The molecule has 1 fully saturated rings. The van der Waals surface area contributed by atoms with Gasteiger partial charge >= 0.3 is 0 Å². The van der Waals surface area contributed by atoms with Crippen molar-refractivity contribution >= 4 is 11.3 Å². The van der Waals surface area contributed by atoms with Crippen molar-refractivity contribution in [2.45, 2.75) is 31.7 Å². The lowest BCUT2D eigenvalue weighted by molar-refractivity contribution is 0.207. The molecule has 3 heterocycles. The van der Waals surface area contributed by atoms with E-state index in [1.807, 2.05) is 5.38 Å². The molecular weight excluding hydrogens is 236 g/mol. The van der Waals surface area contributed by atoms with Gasteiger partial charge in [0.15, 0.2) is 0 Å². The van der Waals surface area contributed by atoms with E-state index in [0.29, 0.717) is 11.7 Å². The van der Waals surface area contributed by atoms with Gasteiger partial charge in [0.25, 0.3) is 0 Å². The number of hydrogen-bond acceptors (Lipinski definition) is 6. The van der Waals surface area contributed by atoms with Gasteiger partial charge in [-0.2, -0.15) is 4.98 Å². The standard InChI is InChI=1S/C11H14N4OS/c1-11(4-2-3-5-13-11)10-14-9(15-16-10)8-6-17-7-12-8/h6-7,13H,2-5H2,1H3. The molecule has 0 spiro atoms. The van der Waals surface area contributed by atoms with Crippen molar-refractivity contribution in [1.82, 2.24) is 20.4 Å². The molecule has 0 saturated carbocycles. The number of nitrogens with zero attached hydrogens (tertiary/aromatic N) is 3. The van der Waals surface area contributed by atoms with E-state index in [0.717, 1.165) is 18.7 Å². The van der Waals surface area contributed by atoms with Crippen LogP contribution >= 0.6 is 11.3 Å². The van der Waals surface area contributed by atoms with Gasteiger partial charge in [0.1, 0.15) is 5.69 Å². The maximum absolute atomic E-state index is 5.37. The predicted molar refractivity (Wildman–Crippen MR) is 64.6 cm³/mol. The molecule has 3 rings (SSSR count). The third-order valence-electron chi connectivity index (χ3n) is 3.18. The van der Waals surface area contributed by atoms with Crippen LogP contribution in [0.2, 0.25) is 0 Å². The van der Waals surface area contributed by atoms with Crippen LogP contribution < -0.4 is 5.32 Å². The fourth-order valence-corrected chi connectivity index (χ4v) is 2.64. The fraction of sp³-hybridized carbons (Fsp3) is 0.545. The van der Waals surface area contributed by atoms with E-state index < -0.39 is 0 Å². The lowest BCUT2D eigenvalue weighted by Gasteiger charge is -2.31. The van der Waals surface area contributed by atoms with Crippen molar-refractivity contribution in [3.8, 4) is 11.5 Å². The topological polar surface area (TPSA) is 63.8 Å². The molecule has 0 bridgehead atoms. The number of rotatable bonds is 2. The van der Waals surface area contributed by atoms with Crippen LogP contribution in [0.4, 0.5) is 0 Å². The zero-order chi connectivity index (χ0) is 11.7. The van der Waals surface area contributed by atoms with Crippen molar-refractivity contribution in [3.63, 3.8) is 0 Å². The van der Waals surface area contributed by atoms with E-state index in [1.54, 1.807) is 5.51 Å². The Labute approximate surface area is 103 Å². The molecule has 1 N–H and O–H groups in total. The Hall–Kier alpha value is -1.27. The first-order chi connectivity index (χ1) is 8.28. The van der Waals surface area contributed by atoms with E-state index in [-0.39, 0.29) is 5.54 Å². The van der Waals surface area contributed by atoms with Crippen LogP contribution in [0.1, 0.15) is 32.1 Å². The highest BCUT2D eigenvalue weighted by molar-refractivity contribution is 7.07. The Morgan fingerprint density at radius 2 is 2.41 bits per heavy atom. The molecule has 17 heavy (non-hydrogen) atoms. The summed E-state index contributed by atoms with van der Waals surface area (Å²) in [6, 6.07) is 0. The minimum atomic E-state index is -0.181. The lowest BCUT2D eigenvalue weighted by Crippen LogP contribution is -2.43. The number of hydrogen-bond donors (Lipinski definition) is 1. The smallest absolute Gasteiger partial charge is 0.247 e. The second kappa shape index (κ2) is 4.19. The third-order valence-corrected chi connectivity index (χ3v) is 3.76. The summed E-state index contributed by atoms with van der Waals surface area (Å²) in [4.78, 5) is 8.63. The molecule has 5 nitrogen and oxygen atoms in total. The summed E-state index contributed by atoms with van der Waals surface area (Å²) in [5.41, 5.74) is 2.37. The van der Waals surface area contributed by atoms with Crippen molar-refractivity contribution < 1.29 is 4.52 Å². The molecule has 1 saturated heterocycles. The highest BCUT2D eigenvalue weighted by Gasteiger charge is 2.34. The van der Waals surface area contributed by atoms with Gasteiger partial charge in [0.05, 0.1) is 11.0 Å². The van der Waals surface area contributed by atoms with Crippen LogP contribution in [0.3, 0.4) is 0 Å². The predicted octanol–water partition coefficient (Wildman–Crippen LogP) is 2.18. The summed E-state index contributed by atoms with van der Waals surface area (Å²) in [6.45, 7) is 3.12. The Kier molecular flexibility index (Phi) is 2.68. The molecule has 90 valence electrons. The Morgan fingerprint density at radius 1 is 1.47 bits per heavy atom. The largest absolute Gasteiger partial charge is 0.337 e. The molecular formula is C11H14N4OS. The van der Waals surface area contributed by atoms with Gasteiger partial charge < -0.3 is 9.84 Å². The highest BCUT2D eigenvalue weighted by atomic mass is 32.1. The fourth-order valence-electron chi connectivity index (χ4n) is 2.11. The van der Waals surface area contributed by atoms with Gasteiger partial charge in [-0.25, -0.2) is 4.98 Å². The maximum atomic E-state index is 5.37. The summed E-state index contributed by atoms with van der Waals surface area (Å²) < 4.78 is 5.37. The summed E-state index contributed by atoms with van der Waals surface area (Å²) in [5, 5.41) is 9.38. The zero-order valence-electron chi connectivity index (χ0n) is 9.64. The minimum absolute atomic E-state index is 0.181. The molecule has 0 aromatic carbocycles. The first kappa shape index (κ1) is 10.9. The Morgan fingerprint density at radius 3 is 3.12 bits per heavy atom. The van der Waals surface area contributed by atoms with Crippen molar-refractivity contribution in [3.05, 3.63) is 16.8 Å². The van der Waals surface area contributed by atoms with E-state index in [2.05, 4.69) is 27.4 Å². The Balaban J connectivity index is 1.89. The summed E-state index contributed by atoms with van der Waals surface area (Å²) in [7, 11) is 0. The summed E-state index contributed by atoms with van der Waals surface area (Å²) in [6.07, 6.45) is 3.44. The van der Waals surface area contributed by atoms with Crippen molar-refractivity contribution in [2.75, 3.05) is 6.54 Å². The van der Waals surface area contributed by atoms with Crippen LogP contribution in [-0.4, -0.2) is 21.7 Å². The number of aromatic nitrogens is 3. The highest BCUT2D eigenvalue weighted by Crippen LogP contribution is 2.29. The SMILES string of the molecule is CC1(c2nc(-c3cscn3)no2)CCCCN1. The molecule has 1 aliphatic rings. The quantitative estimate of drug-likeness (QED) is 0.885. The molecule has 1 aliphatic heterocycles. The Bertz CT molecular complexity index is 487. The first-order valence-electron chi connectivity index (χ1n) is 5.76. The van der Waals surface area contributed by atoms with E-state index in [4.69, 9.17) is 4.52 Å². The second-order valence-electron chi connectivity index (χ2n) is 4.51. The monoisotopic (exact) mass is 250 g/mol. The number of piperidine rings is 1.